The van der Waals surface area contributed by atoms with Crippen LogP contribution in [0, 0.1) is 13.8 Å². The molecule has 0 heterocycles. The molecule has 0 aliphatic heterocycles. The molecule has 0 saturated carbocycles. The topological polar surface area (TPSA) is 101 Å². The smallest absolute Gasteiger partial charge is 0.326 e. The number of hydrogen-bond acceptors (Lipinski definition) is 4. The van der Waals surface area contributed by atoms with E-state index < -0.39 is 11.9 Å². The van der Waals surface area contributed by atoms with Crippen LogP contribution in [0.4, 0.5) is 16.2 Å². The summed E-state index contributed by atoms with van der Waals surface area (Å²) in [4.78, 5) is 37.4. The lowest BCUT2D eigenvalue weighted by Crippen LogP contribution is -3.14. The Hall–Kier alpha value is -3.39. The number of aryl methyl sites for hydroxylation is 2. The number of ether oxygens (including phenoxy) is 1. The number of rotatable bonds is 8. The van der Waals surface area contributed by atoms with E-state index in [4.69, 9.17) is 4.74 Å². The number of methoxy groups -OCH3 is 1. The van der Waals surface area contributed by atoms with Gasteiger partial charge in [0.25, 0.3) is 11.8 Å². The average molecular weight is 413 g/mol. The zero-order chi connectivity index (χ0) is 22.1. The molecule has 1 atom stereocenters. The van der Waals surface area contributed by atoms with Gasteiger partial charge in [0.15, 0.2) is 13.1 Å². The lowest BCUT2D eigenvalue weighted by atomic mass is 10.1. The molecule has 30 heavy (non-hydrogen) atoms. The summed E-state index contributed by atoms with van der Waals surface area (Å²) in [7, 11) is 1.53. The third kappa shape index (κ3) is 6.89. The first-order valence-corrected chi connectivity index (χ1v) is 9.77. The molecule has 8 nitrogen and oxygen atoms in total. The summed E-state index contributed by atoms with van der Waals surface area (Å²) in [6.45, 7) is 6.34. The lowest BCUT2D eigenvalue weighted by molar-refractivity contribution is -0.881. The van der Waals surface area contributed by atoms with E-state index in [1.807, 2.05) is 39.0 Å². The predicted molar refractivity (Wildman–Crippen MR) is 116 cm³/mol. The van der Waals surface area contributed by atoms with Crippen LogP contribution in [-0.2, 0) is 9.59 Å². The van der Waals surface area contributed by atoms with Crippen LogP contribution < -0.4 is 25.6 Å². The van der Waals surface area contributed by atoms with Crippen LogP contribution >= 0.6 is 0 Å². The van der Waals surface area contributed by atoms with Crippen molar-refractivity contribution in [3.8, 4) is 5.75 Å². The molecule has 8 heteroatoms. The number of carbonyl (C=O) groups is 3. The minimum atomic E-state index is -0.596. The number of carbonyl (C=O) groups excluding carboxylic acids is 3. The van der Waals surface area contributed by atoms with Crippen molar-refractivity contribution in [3.05, 3.63) is 53.6 Å². The van der Waals surface area contributed by atoms with Crippen LogP contribution in [0.1, 0.15) is 18.1 Å². The number of amides is 4. The van der Waals surface area contributed by atoms with Crippen LogP contribution in [0.5, 0.6) is 5.75 Å². The number of anilines is 2. The van der Waals surface area contributed by atoms with Gasteiger partial charge >= 0.3 is 6.03 Å². The monoisotopic (exact) mass is 413 g/mol. The molecule has 4 N–H and O–H groups in total. The number of urea groups is 1. The quantitative estimate of drug-likeness (QED) is 0.527. The lowest BCUT2D eigenvalue weighted by Gasteiger charge is -2.17. The normalized spacial score (nSPS) is 11.3. The number of quaternary nitrogens is 1. The number of nitrogens with one attached hydrogen (secondary N) is 4. The van der Waals surface area contributed by atoms with Crippen molar-refractivity contribution in [2.45, 2.75) is 20.8 Å². The Bertz CT molecular complexity index is 914. The van der Waals surface area contributed by atoms with E-state index in [9.17, 15) is 14.4 Å². The summed E-state index contributed by atoms with van der Waals surface area (Å²) in [5.41, 5.74) is 3.20. The average Bonchev–Trinajstić information content (AvgIpc) is 2.69. The molecule has 2 aromatic carbocycles. The minimum absolute atomic E-state index is 0.00382. The minimum Gasteiger partial charge on any atom is -0.495 e. The molecule has 0 aliphatic rings. The molecule has 4 amide bonds. The third-order valence-electron chi connectivity index (χ3n) is 4.59. The van der Waals surface area contributed by atoms with Crippen molar-refractivity contribution in [1.29, 1.82) is 0 Å². The van der Waals surface area contributed by atoms with Crippen molar-refractivity contribution < 1.29 is 24.0 Å². The molecule has 0 radical (unpaired) electrons. The summed E-state index contributed by atoms with van der Waals surface area (Å²) < 4.78 is 5.22. The van der Waals surface area contributed by atoms with Gasteiger partial charge < -0.3 is 20.3 Å². The number of hydrogen-bond donors (Lipinski definition) is 4. The van der Waals surface area contributed by atoms with Crippen LogP contribution in [0.25, 0.3) is 0 Å². The van der Waals surface area contributed by atoms with Crippen LogP contribution in [0.3, 0.4) is 0 Å². The molecular formula is C22H29N4O4+. The van der Waals surface area contributed by atoms with Crippen molar-refractivity contribution in [3.63, 3.8) is 0 Å². The molecule has 0 saturated heterocycles. The SMILES string of the molecule is CC[NH+](CC(=O)NC(=O)Nc1ccc(C)cc1C)CC(=O)Nc1ccccc1OC. The second kappa shape index (κ2) is 11.0. The van der Waals surface area contributed by atoms with Gasteiger partial charge in [-0.2, -0.15) is 0 Å². The van der Waals surface area contributed by atoms with Crippen molar-refractivity contribution in [1.82, 2.24) is 5.32 Å². The first kappa shape index (κ1) is 22.9. The van der Waals surface area contributed by atoms with Gasteiger partial charge in [-0.15, -0.1) is 0 Å². The highest BCUT2D eigenvalue weighted by atomic mass is 16.5. The second-order valence-electron chi connectivity index (χ2n) is 7.03. The predicted octanol–water partition coefficient (Wildman–Crippen LogP) is 1.50. The van der Waals surface area contributed by atoms with Gasteiger partial charge in [0, 0.05) is 5.69 Å². The van der Waals surface area contributed by atoms with Gasteiger partial charge in [-0.1, -0.05) is 29.8 Å². The number of imide groups is 1. The van der Waals surface area contributed by atoms with Crippen molar-refractivity contribution >= 4 is 29.2 Å². The molecule has 0 aliphatic carbocycles. The zero-order valence-electron chi connectivity index (χ0n) is 17.8. The largest absolute Gasteiger partial charge is 0.495 e. The Morgan fingerprint density at radius 1 is 0.933 bits per heavy atom. The maximum Gasteiger partial charge on any atom is 0.326 e. The van der Waals surface area contributed by atoms with Gasteiger partial charge in [0.2, 0.25) is 0 Å². The molecule has 0 bridgehead atoms. The fourth-order valence-corrected chi connectivity index (χ4v) is 2.99. The van der Waals surface area contributed by atoms with Crippen molar-refractivity contribution in [2.75, 3.05) is 37.4 Å². The maximum atomic E-state index is 12.4. The Morgan fingerprint density at radius 3 is 2.30 bits per heavy atom. The second-order valence-corrected chi connectivity index (χ2v) is 7.03. The van der Waals surface area contributed by atoms with Gasteiger partial charge in [0.1, 0.15) is 5.75 Å². The number of likely N-dealkylation sites (N-methyl/N-ethyl adjacent to an activating group) is 1. The van der Waals surface area contributed by atoms with Crippen LogP contribution in [0.15, 0.2) is 42.5 Å². The molecule has 2 aromatic rings. The van der Waals surface area contributed by atoms with E-state index >= 15 is 0 Å². The van der Waals surface area contributed by atoms with E-state index in [1.54, 1.807) is 24.3 Å². The van der Waals surface area contributed by atoms with Gasteiger partial charge in [0.05, 0.1) is 19.3 Å². The Balaban J connectivity index is 1.86. The van der Waals surface area contributed by atoms with E-state index in [-0.39, 0.29) is 19.0 Å². The summed E-state index contributed by atoms with van der Waals surface area (Å²) in [5, 5.41) is 7.78. The molecule has 0 spiro atoms. The summed E-state index contributed by atoms with van der Waals surface area (Å²) >= 11 is 0. The third-order valence-corrected chi connectivity index (χ3v) is 4.59. The first-order chi connectivity index (χ1) is 14.3. The molecule has 1 unspecified atom stereocenters. The van der Waals surface area contributed by atoms with Crippen molar-refractivity contribution in [2.24, 2.45) is 0 Å². The van der Waals surface area contributed by atoms with E-state index in [0.29, 0.717) is 23.7 Å². The molecule has 160 valence electrons. The fourth-order valence-electron chi connectivity index (χ4n) is 2.99. The zero-order valence-corrected chi connectivity index (χ0v) is 17.8. The van der Waals surface area contributed by atoms with Gasteiger partial charge in [-0.05, 0) is 44.5 Å². The summed E-state index contributed by atoms with van der Waals surface area (Å²) in [6, 6.07) is 12.1. The van der Waals surface area contributed by atoms with E-state index in [0.717, 1.165) is 16.0 Å². The molecule has 0 fully saturated rings. The van der Waals surface area contributed by atoms with E-state index in [1.165, 1.54) is 7.11 Å². The highest BCUT2D eigenvalue weighted by Crippen LogP contribution is 2.22. The molecule has 0 aromatic heterocycles. The van der Waals surface area contributed by atoms with Crippen LogP contribution in [-0.4, -0.2) is 44.6 Å². The van der Waals surface area contributed by atoms with E-state index in [2.05, 4.69) is 16.0 Å². The van der Waals surface area contributed by atoms with Gasteiger partial charge in [-0.3, -0.25) is 14.9 Å². The Labute approximate surface area is 176 Å². The molecule has 2 rings (SSSR count). The fraction of sp³-hybridized carbons (Fsp3) is 0.318. The Kier molecular flexibility index (Phi) is 8.37. The Morgan fingerprint density at radius 2 is 1.63 bits per heavy atom. The van der Waals surface area contributed by atoms with Gasteiger partial charge in [-0.25, -0.2) is 4.79 Å². The highest BCUT2D eigenvalue weighted by Gasteiger charge is 2.19. The standard InChI is InChI=1S/C22H28N4O4/c1-5-26(13-20(27)23-18-8-6-7-9-19(18)30-4)14-21(28)25-22(29)24-17-11-10-15(2)12-16(17)3/h6-12H,5,13-14H2,1-4H3,(H,23,27)(H2,24,25,28,29)/p+1. The summed E-state index contributed by atoms with van der Waals surface area (Å²) in [5.74, 6) is -0.146. The molecular weight excluding hydrogens is 384 g/mol. The number of benzene rings is 2. The maximum absolute atomic E-state index is 12.4. The first-order valence-electron chi connectivity index (χ1n) is 9.77. The summed E-state index contributed by atoms with van der Waals surface area (Å²) in [6.07, 6.45) is 0. The van der Waals surface area contributed by atoms with Crippen LogP contribution in [0.2, 0.25) is 0 Å². The highest BCUT2D eigenvalue weighted by molar-refractivity contribution is 6.01. The number of para-hydroxylation sites is 2.